The van der Waals surface area contributed by atoms with Gasteiger partial charge in [-0.2, -0.15) is 0 Å². The minimum atomic E-state index is 0.0153. The average Bonchev–Trinajstić information content (AvgIpc) is 3.01. The molecule has 0 spiro atoms. The molecule has 0 heterocycles. The van der Waals surface area contributed by atoms with Crippen molar-refractivity contribution in [3.63, 3.8) is 0 Å². The van der Waals surface area contributed by atoms with Gasteiger partial charge in [0.15, 0.2) is 6.29 Å². The molecular formula is C39H78O4. The van der Waals surface area contributed by atoms with Crippen molar-refractivity contribution >= 4 is 0 Å². The summed E-state index contributed by atoms with van der Waals surface area (Å²) in [6.07, 6.45) is 42.4. The molecule has 0 aliphatic rings. The first-order chi connectivity index (χ1) is 21.3. The Balaban J connectivity index is 3.91. The fraction of sp³-hybridized carbons (Fsp3) is 0.949. The first-order valence-electron chi connectivity index (χ1n) is 19.4. The Labute approximate surface area is 270 Å². The van der Waals surface area contributed by atoms with Crippen LogP contribution in [0.5, 0.6) is 0 Å². The predicted octanol–water partition coefficient (Wildman–Crippen LogP) is 13.2. The molecule has 258 valence electrons. The van der Waals surface area contributed by atoms with Crippen molar-refractivity contribution in [3.05, 3.63) is 12.2 Å². The number of ether oxygens (including phenoxy) is 2. The Morgan fingerprint density at radius 1 is 0.442 bits per heavy atom. The number of rotatable bonds is 37. The lowest BCUT2D eigenvalue weighted by Crippen LogP contribution is -2.19. The van der Waals surface area contributed by atoms with Gasteiger partial charge < -0.3 is 9.47 Å². The second-order valence-corrected chi connectivity index (χ2v) is 12.9. The fourth-order valence-electron chi connectivity index (χ4n) is 5.76. The topological polar surface area (TPSA) is 36.9 Å². The van der Waals surface area contributed by atoms with Crippen LogP contribution in [0.15, 0.2) is 12.2 Å². The molecular weight excluding hydrogens is 532 g/mol. The monoisotopic (exact) mass is 611 g/mol. The lowest BCUT2D eigenvalue weighted by atomic mass is 10.1. The van der Waals surface area contributed by atoms with E-state index in [1.807, 2.05) is 0 Å². The lowest BCUT2D eigenvalue weighted by molar-refractivity contribution is -0.294. The Morgan fingerprint density at radius 2 is 0.860 bits per heavy atom. The van der Waals surface area contributed by atoms with E-state index in [1.54, 1.807) is 7.11 Å². The number of hydrogen-bond donors (Lipinski definition) is 0. The normalized spacial score (nSPS) is 12.7. The van der Waals surface area contributed by atoms with Crippen LogP contribution in [0.25, 0.3) is 0 Å². The van der Waals surface area contributed by atoms with E-state index in [1.165, 1.54) is 161 Å². The maximum absolute atomic E-state index is 6.26. The second-order valence-electron chi connectivity index (χ2n) is 12.9. The minimum Gasteiger partial charge on any atom is -0.353 e. The van der Waals surface area contributed by atoms with Crippen LogP contribution in [-0.2, 0) is 19.2 Å². The van der Waals surface area contributed by atoms with Gasteiger partial charge in [-0.3, -0.25) is 0 Å². The molecule has 0 aliphatic carbocycles. The number of hydrogen-bond acceptors (Lipinski definition) is 4. The van der Waals surface area contributed by atoms with Crippen molar-refractivity contribution in [1.29, 1.82) is 0 Å². The molecule has 4 nitrogen and oxygen atoms in total. The van der Waals surface area contributed by atoms with Crippen molar-refractivity contribution < 1.29 is 19.2 Å². The highest BCUT2D eigenvalue weighted by atomic mass is 17.2. The van der Waals surface area contributed by atoms with Crippen molar-refractivity contribution in [3.8, 4) is 0 Å². The zero-order valence-electron chi connectivity index (χ0n) is 29.9. The van der Waals surface area contributed by atoms with Crippen LogP contribution in [0.1, 0.15) is 207 Å². The third-order valence-electron chi connectivity index (χ3n) is 8.56. The van der Waals surface area contributed by atoms with Crippen LogP contribution in [0.4, 0.5) is 0 Å². The summed E-state index contributed by atoms with van der Waals surface area (Å²) in [5.74, 6) is 0. The van der Waals surface area contributed by atoms with Crippen LogP contribution in [0.2, 0.25) is 0 Å². The molecule has 0 saturated carbocycles. The Hall–Kier alpha value is -0.420. The third kappa shape index (κ3) is 34.3. The van der Waals surface area contributed by atoms with E-state index < -0.39 is 0 Å². The molecule has 0 aromatic carbocycles. The van der Waals surface area contributed by atoms with Crippen molar-refractivity contribution in [2.45, 2.75) is 219 Å². The van der Waals surface area contributed by atoms with Gasteiger partial charge in [0.25, 0.3) is 0 Å². The van der Waals surface area contributed by atoms with Crippen LogP contribution >= 0.6 is 0 Å². The van der Waals surface area contributed by atoms with Gasteiger partial charge >= 0.3 is 0 Å². The molecule has 1 atom stereocenters. The zero-order valence-corrected chi connectivity index (χ0v) is 29.9. The molecule has 0 aromatic heterocycles. The lowest BCUT2D eigenvalue weighted by Gasteiger charge is -2.19. The standard InChI is InChI=1S/C39H78O4/c1-5-8-10-12-14-23-27-31-36-41-39(42-37-32-28-24-15-13-11-9-6-2)35-30-26-22-20-18-16-17-19-21-25-29-34-38(33-7-3)43-40-4/h29,34,38-39H,5-28,30-33,35-37H2,1-4H3. The van der Waals surface area contributed by atoms with Gasteiger partial charge in [0.1, 0.15) is 6.10 Å². The predicted molar refractivity (Wildman–Crippen MR) is 188 cm³/mol. The highest BCUT2D eigenvalue weighted by molar-refractivity contribution is 4.88. The zero-order chi connectivity index (χ0) is 31.3. The maximum atomic E-state index is 6.26. The van der Waals surface area contributed by atoms with Gasteiger partial charge in [-0.25, -0.2) is 9.78 Å². The Kier molecular flexibility index (Phi) is 37.4. The summed E-state index contributed by atoms with van der Waals surface area (Å²) in [5.41, 5.74) is 0. The first-order valence-corrected chi connectivity index (χ1v) is 19.4. The molecule has 0 fully saturated rings. The molecule has 0 N–H and O–H groups in total. The molecule has 4 heteroatoms. The smallest absolute Gasteiger partial charge is 0.157 e. The van der Waals surface area contributed by atoms with E-state index in [0.29, 0.717) is 0 Å². The highest BCUT2D eigenvalue weighted by Crippen LogP contribution is 2.16. The van der Waals surface area contributed by atoms with Gasteiger partial charge in [-0.15, -0.1) is 0 Å². The largest absolute Gasteiger partial charge is 0.353 e. The fourth-order valence-corrected chi connectivity index (χ4v) is 5.76. The van der Waals surface area contributed by atoms with Gasteiger partial charge in [0, 0.05) is 13.2 Å². The van der Waals surface area contributed by atoms with Crippen LogP contribution < -0.4 is 0 Å². The van der Waals surface area contributed by atoms with Gasteiger partial charge in [-0.05, 0) is 44.9 Å². The van der Waals surface area contributed by atoms with E-state index in [-0.39, 0.29) is 12.4 Å². The molecule has 1 unspecified atom stereocenters. The quantitative estimate of drug-likeness (QED) is 0.0230. The summed E-state index contributed by atoms with van der Waals surface area (Å²) >= 11 is 0. The van der Waals surface area contributed by atoms with Crippen molar-refractivity contribution in [1.82, 2.24) is 0 Å². The highest BCUT2D eigenvalue weighted by Gasteiger charge is 2.09. The van der Waals surface area contributed by atoms with E-state index in [0.717, 1.165) is 38.9 Å². The molecule has 0 bridgehead atoms. The molecule has 43 heavy (non-hydrogen) atoms. The van der Waals surface area contributed by atoms with Crippen LogP contribution in [0, 0.1) is 0 Å². The molecule has 0 aliphatic heterocycles. The second kappa shape index (κ2) is 37.8. The van der Waals surface area contributed by atoms with E-state index in [2.05, 4.69) is 32.9 Å². The Bertz CT molecular complexity index is 495. The summed E-state index contributed by atoms with van der Waals surface area (Å²) < 4.78 is 12.5. The minimum absolute atomic E-state index is 0.0153. The van der Waals surface area contributed by atoms with Gasteiger partial charge in [0.2, 0.25) is 0 Å². The molecule has 0 saturated heterocycles. The number of allylic oxidation sites excluding steroid dienone is 1. The average molecular weight is 611 g/mol. The molecule has 0 aromatic rings. The first kappa shape index (κ1) is 42.6. The van der Waals surface area contributed by atoms with Crippen molar-refractivity contribution in [2.24, 2.45) is 0 Å². The summed E-state index contributed by atoms with van der Waals surface area (Å²) in [6.45, 7) is 8.50. The molecule has 0 rings (SSSR count). The Morgan fingerprint density at radius 3 is 1.30 bits per heavy atom. The van der Waals surface area contributed by atoms with Gasteiger partial charge in [-0.1, -0.05) is 174 Å². The van der Waals surface area contributed by atoms with E-state index in [9.17, 15) is 0 Å². The molecule has 0 amide bonds. The summed E-state index contributed by atoms with van der Waals surface area (Å²) in [5, 5.41) is 0. The summed E-state index contributed by atoms with van der Waals surface area (Å²) in [6, 6.07) is 0. The van der Waals surface area contributed by atoms with Crippen LogP contribution in [-0.4, -0.2) is 32.7 Å². The van der Waals surface area contributed by atoms with Gasteiger partial charge in [0.05, 0.1) is 7.11 Å². The summed E-state index contributed by atoms with van der Waals surface area (Å²) in [4.78, 5) is 10.1. The van der Waals surface area contributed by atoms with E-state index in [4.69, 9.17) is 19.2 Å². The maximum Gasteiger partial charge on any atom is 0.157 e. The molecule has 0 radical (unpaired) electrons. The van der Waals surface area contributed by atoms with Crippen molar-refractivity contribution in [2.75, 3.05) is 20.3 Å². The third-order valence-corrected chi connectivity index (χ3v) is 8.56. The SMILES string of the molecule is CCCCCCCCCCOC(CCCCCCCCCCCC=CC(CCC)OOC)OCCCCCCCCCC. The summed E-state index contributed by atoms with van der Waals surface area (Å²) in [7, 11) is 1.59. The number of unbranched alkanes of at least 4 members (excludes halogenated alkanes) is 23. The van der Waals surface area contributed by atoms with E-state index >= 15 is 0 Å². The van der Waals surface area contributed by atoms with Crippen LogP contribution in [0.3, 0.4) is 0 Å².